The van der Waals surface area contributed by atoms with Gasteiger partial charge in [0.15, 0.2) is 5.82 Å². The van der Waals surface area contributed by atoms with Crippen LogP contribution >= 0.6 is 0 Å². The van der Waals surface area contributed by atoms with E-state index in [1.165, 1.54) is 4.90 Å². The van der Waals surface area contributed by atoms with Gasteiger partial charge in [-0.25, -0.2) is 14.2 Å². The Hall–Kier alpha value is -2.05. The molecular weight excluding hydrogens is 282 g/mol. The minimum absolute atomic E-state index is 0.204. The molecule has 7 heteroatoms. The lowest BCUT2D eigenvalue weighted by Gasteiger charge is -2.34. The normalized spacial score (nSPS) is 18.4. The fourth-order valence-electron chi connectivity index (χ4n) is 2.40. The number of ether oxygens (including phenoxy) is 1. The number of likely N-dealkylation sites (tertiary alicyclic amines) is 1. The molecule has 5 nitrogen and oxygen atoms in total. The summed E-state index contributed by atoms with van der Waals surface area (Å²) in [6, 6.07) is 0.360. The van der Waals surface area contributed by atoms with Crippen molar-refractivity contribution in [2.45, 2.75) is 32.2 Å². The van der Waals surface area contributed by atoms with Crippen LogP contribution in [-0.2, 0) is 9.53 Å². The fraction of sp³-hybridized carbons (Fsp3) is 0.500. The number of hydrogen-bond acceptors (Lipinski definition) is 4. The molecule has 1 aliphatic heterocycles. The summed E-state index contributed by atoms with van der Waals surface area (Å²) < 4.78 is 31.8. The van der Waals surface area contributed by atoms with Gasteiger partial charge < -0.3 is 9.64 Å². The number of aromatic nitrogens is 1. The molecule has 0 aromatic carbocycles. The van der Waals surface area contributed by atoms with E-state index in [1.54, 1.807) is 6.92 Å². The van der Waals surface area contributed by atoms with E-state index >= 15 is 0 Å². The third-order valence-electron chi connectivity index (χ3n) is 3.40. The van der Waals surface area contributed by atoms with Gasteiger partial charge in [0, 0.05) is 12.7 Å². The zero-order valence-corrected chi connectivity index (χ0v) is 11.6. The van der Waals surface area contributed by atoms with Crippen molar-refractivity contribution in [3.05, 3.63) is 29.6 Å². The minimum Gasteiger partial charge on any atom is -0.464 e. The topological polar surface area (TPSA) is 59.5 Å². The highest BCUT2D eigenvalue weighted by atomic mass is 19.2. The molecule has 0 radical (unpaired) electrons. The van der Waals surface area contributed by atoms with E-state index in [0.29, 0.717) is 19.4 Å². The van der Waals surface area contributed by atoms with Crippen LogP contribution in [0.4, 0.5) is 8.78 Å². The summed E-state index contributed by atoms with van der Waals surface area (Å²) in [7, 11) is 0. The first-order valence-corrected chi connectivity index (χ1v) is 6.83. The van der Waals surface area contributed by atoms with Crippen LogP contribution in [0, 0.1) is 11.8 Å². The Balaban J connectivity index is 2.26. The Bertz CT molecular complexity index is 551. The third kappa shape index (κ3) is 3.17. The number of carbonyl (C=O) groups is 2. The number of halogens is 2. The molecule has 0 saturated carbocycles. The van der Waals surface area contributed by atoms with Gasteiger partial charge >= 0.3 is 5.97 Å². The van der Waals surface area contributed by atoms with E-state index in [2.05, 4.69) is 4.98 Å². The highest BCUT2D eigenvalue weighted by molar-refractivity contribution is 5.97. The zero-order valence-electron chi connectivity index (χ0n) is 11.6. The van der Waals surface area contributed by atoms with Crippen LogP contribution in [0.5, 0.6) is 0 Å². The van der Waals surface area contributed by atoms with Crippen LogP contribution in [0.2, 0.25) is 0 Å². The second-order valence-electron chi connectivity index (χ2n) is 4.73. The lowest BCUT2D eigenvalue weighted by Crippen LogP contribution is -2.49. The number of carbonyl (C=O) groups excluding carboxylic acids is 2. The van der Waals surface area contributed by atoms with Crippen LogP contribution < -0.4 is 0 Å². The summed E-state index contributed by atoms with van der Waals surface area (Å²) in [6.07, 6.45) is 2.96. The maximum absolute atomic E-state index is 13.7. The predicted octanol–water partition coefficient (Wildman–Crippen LogP) is 1.92. The van der Waals surface area contributed by atoms with Crippen LogP contribution in [0.25, 0.3) is 0 Å². The summed E-state index contributed by atoms with van der Waals surface area (Å²) in [5, 5.41) is 0. The number of nitrogens with zero attached hydrogens (tertiary/aromatic N) is 2. The van der Waals surface area contributed by atoms with Crippen molar-refractivity contribution in [1.82, 2.24) is 9.88 Å². The van der Waals surface area contributed by atoms with E-state index in [4.69, 9.17) is 4.74 Å². The van der Waals surface area contributed by atoms with Crippen LogP contribution in [0.1, 0.15) is 36.5 Å². The largest absolute Gasteiger partial charge is 0.464 e. The Morgan fingerprint density at radius 3 is 2.90 bits per heavy atom. The molecule has 1 aromatic rings. The van der Waals surface area contributed by atoms with Gasteiger partial charge in [0.1, 0.15) is 6.04 Å². The van der Waals surface area contributed by atoms with Gasteiger partial charge in [-0.2, -0.15) is 4.39 Å². The van der Waals surface area contributed by atoms with Gasteiger partial charge in [0.05, 0.1) is 12.2 Å². The molecule has 1 fully saturated rings. The molecule has 1 atom stereocenters. The van der Waals surface area contributed by atoms with E-state index in [0.717, 1.165) is 18.7 Å². The molecule has 114 valence electrons. The van der Waals surface area contributed by atoms with E-state index < -0.39 is 35.2 Å². The maximum Gasteiger partial charge on any atom is 0.328 e. The van der Waals surface area contributed by atoms with Crippen molar-refractivity contribution in [2.75, 3.05) is 13.2 Å². The molecule has 0 bridgehead atoms. The van der Waals surface area contributed by atoms with Crippen LogP contribution in [0.15, 0.2) is 12.3 Å². The molecule has 0 aliphatic carbocycles. The quantitative estimate of drug-likeness (QED) is 0.632. The van der Waals surface area contributed by atoms with Gasteiger partial charge in [-0.3, -0.25) is 4.79 Å². The van der Waals surface area contributed by atoms with E-state index in [1.807, 2.05) is 0 Å². The Kier molecular flexibility index (Phi) is 4.82. The van der Waals surface area contributed by atoms with Crippen molar-refractivity contribution in [1.29, 1.82) is 0 Å². The Morgan fingerprint density at radius 1 is 1.43 bits per heavy atom. The molecule has 1 saturated heterocycles. The molecule has 1 aromatic heterocycles. The van der Waals surface area contributed by atoms with Gasteiger partial charge in [0.25, 0.3) is 5.91 Å². The standard InChI is InChI=1S/C14H16F2N2O3/c1-2-21-14(20)10-5-3-4-8-18(10)13(19)9-6-7-17-12(16)11(9)15/h6-7,10H,2-5,8H2,1H3. The van der Waals surface area contributed by atoms with Crippen molar-refractivity contribution < 1.29 is 23.1 Å². The molecule has 21 heavy (non-hydrogen) atoms. The number of hydrogen-bond donors (Lipinski definition) is 0. The first kappa shape index (κ1) is 15.3. The zero-order chi connectivity index (χ0) is 15.4. The van der Waals surface area contributed by atoms with Crippen molar-refractivity contribution in [3.8, 4) is 0 Å². The molecule has 1 unspecified atom stereocenters. The lowest BCUT2D eigenvalue weighted by atomic mass is 10.0. The van der Waals surface area contributed by atoms with Crippen molar-refractivity contribution in [3.63, 3.8) is 0 Å². The second kappa shape index (κ2) is 6.60. The summed E-state index contributed by atoms with van der Waals surface area (Å²) in [6.45, 7) is 2.19. The SMILES string of the molecule is CCOC(=O)C1CCCCN1C(=O)c1ccnc(F)c1F. The maximum atomic E-state index is 13.7. The molecular formula is C14H16F2N2O3. The van der Waals surface area contributed by atoms with Crippen molar-refractivity contribution >= 4 is 11.9 Å². The third-order valence-corrected chi connectivity index (χ3v) is 3.40. The Morgan fingerprint density at radius 2 is 2.19 bits per heavy atom. The number of piperidine rings is 1. The summed E-state index contributed by atoms with van der Waals surface area (Å²) in [4.78, 5) is 28.7. The molecule has 0 N–H and O–H groups in total. The first-order chi connectivity index (χ1) is 10.1. The van der Waals surface area contributed by atoms with Gasteiger partial charge in [-0.1, -0.05) is 0 Å². The molecule has 2 rings (SSSR count). The molecule has 1 amide bonds. The fourth-order valence-corrected chi connectivity index (χ4v) is 2.40. The lowest BCUT2D eigenvalue weighted by molar-refractivity contribution is -0.149. The Labute approximate surface area is 120 Å². The van der Waals surface area contributed by atoms with E-state index in [-0.39, 0.29) is 6.61 Å². The predicted molar refractivity (Wildman–Crippen MR) is 69.5 cm³/mol. The number of pyridine rings is 1. The molecule has 2 heterocycles. The number of rotatable bonds is 3. The second-order valence-corrected chi connectivity index (χ2v) is 4.73. The average molecular weight is 298 g/mol. The highest BCUT2D eigenvalue weighted by Gasteiger charge is 2.35. The minimum atomic E-state index is -1.33. The van der Waals surface area contributed by atoms with Gasteiger partial charge in [0.2, 0.25) is 5.95 Å². The summed E-state index contributed by atoms with van der Waals surface area (Å²) in [5.41, 5.74) is -0.418. The first-order valence-electron chi connectivity index (χ1n) is 6.83. The van der Waals surface area contributed by atoms with Gasteiger partial charge in [-0.05, 0) is 32.3 Å². The summed E-state index contributed by atoms with van der Waals surface area (Å²) in [5.74, 6) is -3.85. The summed E-state index contributed by atoms with van der Waals surface area (Å²) >= 11 is 0. The van der Waals surface area contributed by atoms with E-state index in [9.17, 15) is 18.4 Å². The number of amides is 1. The average Bonchev–Trinajstić information content (AvgIpc) is 2.49. The van der Waals surface area contributed by atoms with Crippen molar-refractivity contribution in [2.24, 2.45) is 0 Å². The smallest absolute Gasteiger partial charge is 0.328 e. The van der Waals surface area contributed by atoms with Crippen LogP contribution in [-0.4, -0.2) is 41.0 Å². The highest BCUT2D eigenvalue weighted by Crippen LogP contribution is 2.22. The van der Waals surface area contributed by atoms with Crippen LogP contribution in [0.3, 0.4) is 0 Å². The monoisotopic (exact) mass is 298 g/mol. The number of esters is 1. The molecule has 0 spiro atoms. The molecule has 1 aliphatic rings. The van der Waals surface area contributed by atoms with Gasteiger partial charge in [-0.15, -0.1) is 0 Å².